The molecule has 0 radical (unpaired) electrons. The number of halogens is 1. The van der Waals surface area contributed by atoms with Crippen LogP contribution < -0.4 is 0 Å². The fraction of sp³-hybridized carbons (Fsp3) is 0.231. The second-order valence-corrected chi connectivity index (χ2v) is 4.37. The van der Waals surface area contributed by atoms with Crippen molar-refractivity contribution < 1.29 is 9.63 Å². The predicted molar refractivity (Wildman–Crippen MR) is 71.8 cm³/mol. The quantitative estimate of drug-likeness (QED) is 0.850. The lowest BCUT2D eigenvalue weighted by Gasteiger charge is -1.93. The highest BCUT2D eigenvalue weighted by Crippen LogP contribution is 2.16. The number of rotatable bonds is 5. The molecule has 2 aromatic rings. The maximum atomic E-state index is 9.49. The largest absolute Gasteiger partial charge is 0.513 e. The highest BCUT2D eigenvalue weighted by Gasteiger charge is 2.09. The molecule has 0 aliphatic heterocycles. The molecule has 0 saturated carbocycles. The Kier molecular flexibility index (Phi) is 4.69. The van der Waals surface area contributed by atoms with E-state index in [4.69, 9.17) is 21.4 Å². The third-order valence-electron chi connectivity index (χ3n) is 2.43. The summed E-state index contributed by atoms with van der Waals surface area (Å²) in [6.45, 7) is 0. The van der Waals surface area contributed by atoms with Crippen molar-refractivity contribution in [2.24, 2.45) is 0 Å². The summed E-state index contributed by atoms with van der Waals surface area (Å²) in [7, 11) is 0. The van der Waals surface area contributed by atoms with Crippen LogP contribution in [0.2, 0.25) is 5.02 Å². The second-order valence-electron chi connectivity index (χ2n) is 3.94. The molecule has 0 unspecified atom stereocenters. The van der Waals surface area contributed by atoms with Gasteiger partial charge < -0.3 is 9.63 Å². The molecule has 0 amide bonds. The van der Waals surface area contributed by atoms with E-state index in [1.54, 1.807) is 18.2 Å². The van der Waals surface area contributed by atoms with Crippen LogP contribution in [0, 0.1) is 11.3 Å². The summed E-state index contributed by atoms with van der Waals surface area (Å²) < 4.78 is 5.07. The molecule has 0 aliphatic carbocycles. The van der Waals surface area contributed by atoms with E-state index in [9.17, 15) is 5.11 Å². The minimum Gasteiger partial charge on any atom is -0.513 e. The highest BCUT2D eigenvalue weighted by molar-refractivity contribution is 6.30. The van der Waals surface area contributed by atoms with Gasteiger partial charge in [-0.05, 0) is 18.2 Å². The predicted octanol–water partition coefficient (Wildman–Crippen LogP) is 3.07. The zero-order valence-corrected chi connectivity index (χ0v) is 11.2. The van der Waals surface area contributed by atoms with Gasteiger partial charge in [0, 0.05) is 25.5 Å². The van der Waals surface area contributed by atoms with Crippen molar-refractivity contribution in [2.75, 3.05) is 0 Å². The summed E-state index contributed by atoms with van der Waals surface area (Å²) in [5.74, 6) is 0.865. The summed E-state index contributed by atoms with van der Waals surface area (Å²) in [5.41, 5.74) is 0.533. The van der Waals surface area contributed by atoms with Gasteiger partial charge >= 0.3 is 0 Å². The van der Waals surface area contributed by atoms with Gasteiger partial charge in [-0.2, -0.15) is 10.2 Å². The zero-order chi connectivity index (χ0) is 14.4. The van der Waals surface area contributed by atoms with Crippen LogP contribution in [-0.2, 0) is 6.42 Å². The Morgan fingerprint density at radius 3 is 3.05 bits per heavy atom. The highest BCUT2D eigenvalue weighted by atomic mass is 35.5. The molecule has 20 heavy (non-hydrogen) atoms. The van der Waals surface area contributed by atoms with E-state index >= 15 is 0 Å². The molecular weight excluding hydrogens is 280 g/mol. The van der Waals surface area contributed by atoms with Gasteiger partial charge in [0.05, 0.1) is 16.9 Å². The van der Waals surface area contributed by atoms with Crippen LogP contribution in [0.4, 0.5) is 0 Å². The molecule has 0 spiro atoms. The molecule has 0 saturated heterocycles. The van der Waals surface area contributed by atoms with Gasteiger partial charge in [-0.15, -0.1) is 0 Å². The van der Waals surface area contributed by atoms with Crippen molar-refractivity contribution in [3.63, 3.8) is 0 Å². The van der Waals surface area contributed by atoms with E-state index in [2.05, 4.69) is 15.1 Å². The van der Waals surface area contributed by atoms with E-state index in [0.29, 0.717) is 35.3 Å². The van der Waals surface area contributed by atoms with E-state index in [1.165, 1.54) is 6.20 Å². The second kappa shape index (κ2) is 6.68. The lowest BCUT2D eigenvalue weighted by atomic mass is 10.2. The molecular formula is C13H11ClN4O2. The maximum absolute atomic E-state index is 9.49. The Labute approximate surface area is 120 Å². The fourth-order valence-electron chi connectivity index (χ4n) is 1.44. The van der Waals surface area contributed by atoms with Crippen molar-refractivity contribution in [2.45, 2.75) is 19.3 Å². The average Bonchev–Trinajstić information content (AvgIpc) is 2.92. The molecule has 7 heteroatoms. The number of aromatic nitrogens is 3. The minimum absolute atomic E-state index is 0.141. The first kappa shape index (κ1) is 14.0. The molecule has 0 atom stereocenters. The topological polar surface area (TPSA) is 95.8 Å². The monoisotopic (exact) mass is 290 g/mol. The summed E-state index contributed by atoms with van der Waals surface area (Å²) in [5, 5.41) is 22.2. The van der Waals surface area contributed by atoms with Crippen molar-refractivity contribution in [1.29, 1.82) is 5.26 Å². The Morgan fingerprint density at radius 2 is 2.35 bits per heavy atom. The van der Waals surface area contributed by atoms with Gasteiger partial charge in [0.25, 0.3) is 5.89 Å². The normalized spacial score (nSPS) is 11.3. The van der Waals surface area contributed by atoms with Gasteiger partial charge in [0.1, 0.15) is 5.69 Å². The van der Waals surface area contributed by atoms with Crippen LogP contribution >= 0.6 is 11.6 Å². The van der Waals surface area contributed by atoms with Crippen molar-refractivity contribution >= 4 is 11.6 Å². The summed E-state index contributed by atoms with van der Waals surface area (Å²) >= 11 is 5.74. The number of aliphatic hydroxyl groups is 1. The summed E-state index contributed by atoms with van der Waals surface area (Å²) in [6.07, 6.45) is 3.97. The number of nitrogens with zero attached hydrogens (tertiary/aromatic N) is 4. The van der Waals surface area contributed by atoms with E-state index < -0.39 is 0 Å². The first-order chi connectivity index (χ1) is 9.69. The molecule has 2 rings (SSSR count). The van der Waals surface area contributed by atoms with Crippen LogP contribution in [0.3, 0.4) is 0 Å². The number of hydrogen-bond donors (Lipinski definition) is 1. The lowest BCUT2D eigenvalue weighted by Crippen LogP contribution is -1.88. The Morgan fingerprint density at radius 1 is 1.50 bits per heavy atom. The number of pyridine rings is 1. The Hall–Kier alpha value is -2.39. The smallest absolute Gasteiger partial charge is 0.276 e. The molecule has 1 N–H and O–H groups in total. The van der Waals surface area contributed by atoms with Crippen LogP contribution in [0.25, 0.3) is 11.6 Å². The van der Waals surface area contributed by atoms with Crippen LogP contribution in [0.5, 0.6) is 0 Å². The fourth-order valence-corrected chi connectivity index (χ4v) is 1.55. The minimum atomic E-state index is 0.141. The molecule has 0 aliphatic rings. The molecule has 0 bridgehead atoms. The van der Waals surface area contributed by atoms with Crippen LogP contribution in [-0.4, -0.2) is 20.2 Å². The molecule has 0 aromatic carbocycles. The van der Waals surface area contributed by atoms with Gasteiger partial charge in [0.2, 0.25) is 0 Å². The molecule has 2 heterocycles. The van der Waals surface area contributed by atoms with E-state index in [0.717, 1.165) is 0 Å². The first-order valence-corrected chi connectivity index (χ1v) is 6.26. The van der Waals surface area contributed by atoms with Crippen LogP contribution in [0.1, 0.15) is 18.7 Å². The van der Waals surface area contributed by atoms with Gasteiger partial charge in [0.15, 0.2) is 5.82 Å². The van der Waals surface area contributed by atoms with E-state index in [1.807, 2.05) is 6.07 Å². The van der Waals surface area contributed by atoms with E-state index in [-0.39, 0.29) is 12.2 Å². The molecule has 0 fully saturated rings. The van der Waals surface area contributed by atoms with Gasteiger partial charge in [-0.1, -0.05) is 16.8 Å². The third-order valence-corrected chi connectivity index (χ3v) is 2.65. The maximum Gasteiger partial charge on any atom is 0.276 e. The number of hydrogen-bond acceptors (Lipinski definition) is 6. The van der Waals surface area contributed by atoms with Crippen LogP contribution in [0.15, 0.2) is 34.7 Å². The number of nitriles is 1. The summed E-state index contributed by atoms with van der Waals surface area (Å²) in [6, 6.07) is 5.32. The van der Waals surface area contributed by atoms with Crippen molar-refractivity contribution in [1.82, 2.24) is 15.1 Å². The zero-order valence-electron chi connectivity index (χ0n) is 10.5. The van der Waals surface area contributed by atoms with Gasteiger partial charge in [-0.25, -0.2) is 4.98 Å². The first-order valence-electron chi connectivity index (χ1n) is 5.88. The van der Waals surface area contributed by atoms with Crippen molar-refractivity contribution in [3.8, 4) is 17.7 Å². The Balaban J connectivity index is 2.02. The van der Waals surface area contributed by atoms with Gasteiger partial charge in [-0.3, -0.25) is 0 Å². The lowest BCUT2D eigenvalue weighted by molar-refractivity contribution is 0.386. The molecule has 6 nitrogen and oxygen atoms in total. The number of allylic oxidation sites excluding steroid dienone is 2. The SMILES string of the molecule is N#CCC/C(O)=C/Cc1noc(-c2ccc(Cl)cn2)n1. The standard InChI is InChI=1S/C13H11ClN4O2/c14-9-3-5-11(16-8-9)13-17-12(18-20-13)6-4-10(19)2-1-7-15/h3-5,8,19H,1-2,6H2/b10-4-. The third kappa shape index (κ3) is 3.80. The summed E-state index contributed by atoms with van der Waals surface area (Å²) in [4.78, 5) is 8.23. The van der Waals surface area contributed by atoms with Crippen molar-refractivity contribution in [3.05, 3.63) is 41.0 Å². The molecule has 102 valence electrons. The average molecular weight is 291 g/mol. The molecule has 2 aromatic heterocycles. The number of aliphatic hydroxyl groups excluding tert-OH is 1. The Bertz CT molecular complexity index is 643.